The van der Waals surface area contributed by atoms with Crippen LogP contribution in [0.25, 0.3) is 0 Å². The van der Waals surface area contributed by atoms with Gasteiger partial charge in [0.05, 0.1) is 11.4 Å². The highest BCUT2D eigenvalue weighted by atomic mass is 32.2. The minimum Gasteiger partial charge on any atom is -0.350 e. The van der Waals surface area contributed by atoms with Gasteiger partial charge in [0, 0.05) is 24.2 Å². The van der Waals surface area contributed by atoms with E-state index >= 15 is 0 Å². The van der Waals surface area contributed by atoms with Gasteiger partial charge in [-0.2, -0.15) is 18.2 Å². The van der Waals surface area contributed by atoms with Gasteiger partial charge in [0.15, 0.2) is 0 Å². The zero-order chi connectivity index (χ0) is 24.2. The summed E-state index contributed by atoms with van der Waals surface area (Å²) in [7, 11) is -3.88. The van der Waals surface area contributed by atoms with Crippen molar-refractivity contribution in [2.75, 3.05) is 13.1 Å². The molecule has 1 aliphatic heterocycles. The number of carbonyl (C=O) groups is 1. The molecule has 0 saturated carbocycles. The predicted octanol–water partition coefficient (Wildman–Crippen LogP) is 3.78. The first-order valence-electron chi connectivity index (χ1n) is 11.5. The number of piperidine rings is 1. The number of hydroxylamine groups is 1. The van der Waals surface area contributed by atoms with Crippen LogP contribution in [0.1, 0.15) is 72.8 Å². The number of hydrogen-bond acceptors (Lipinski definition) is 6. The second kappa shape index (κ2) is 10.6. The van der Waals surface area contributed by atoms with Crippen LogP contribution < -0.4 is 10.8 Å². The van der Waals surface area contributed by atoms with Gasteiger partial charge in [-0.15, -0.1) is 0 Å². The van der Waals surface area contributed by atoms with E-state index < -0.39 is 15.7 Å². The van der Waals surface area contributed by atoms with Gasteiger partial charge in [-0.3, -0.25) is 9.69 Å². The molecule has 2 unspecified atom stereocenters. The molecule has 1 saturated heterocycles. The van der Waals surface area contributed by atoms with E-state index in [9.17, 15) is 13.2 Å². The smallest absolute Gasteiger partial charge is 0.312 e. The highest BCUT2D eigenvalue weighted by molar-refractivity contribution is 7.86. The van der Waals surface area contributed by atoms with E-state index in [2.05, 4.69) is 29.5 Å². The molecule has 0 radical (unpaired) electrons. The fraction of sp³-hybridized carbons (Fsp3) is 0.708. The van der Waals surface area contributed by atoms with Crippen molar-refractivity contribution < 1.29 is 17.5 Å². The average Bonchev–Trinajstić information content (AvgIpc) is 2.63. The number of hydrogen-bond donors (Lipinski definition) is 2. The second-order valence-electron chi connectivity index (χ2n) is 10.7. The van der Waals surface area contributed by atoms with E-state index in [0.29, 0.717) is 31.6 Å². The fourth-order valence-electron chi connectivity index (χ4n) is 4.73. The van der Waals surface area contributed by atoms with Crippen molar-refractivity contribution in [1.82, 2.24) is 15.7 Å². The van der Waals surface area contributed by atoms with E-state index in [-0.39, 0.29) is 16.2 Å². The van der Waals surface area contributed by atoms with Crippen molar-refractivity contribution in [3.05, 3.63) is 29.8 Å². The van der Waals surface area contributed by atoms with Gasteiger partial charge >= 0.3 is 10.1 Å². The third kappa shape index (κ3) is 8.14. The summed E-state index contributed by atoms with van der Waals surface area (Å²) in [6.45, 7) is 15.0. The SMILES string of the molecule is Cc1ccc(S(=O)(=O)ONCC(C)(C)CC(C)(C)NC(=O)CN2C(C)CCCC2C)cc1. The Hall–Kier alpha value is -1.48. The van der Waals surface area contributed by atoms with Crippen LogP contribution in [-0.4, -0.2) is 49.9 Å². The first-order chi connectivity index (χ1) is 14.7. The molecule has 1 aliphatic rings. The summed E-state index contributed by atoms with van der Waals surface area (Å²) < 4.78 is 29.8. The number of nitrogens with zero attached hydrogens (tertiary/aromatic N) is 1. The topological polar surface area (TPSA) is 87.7 Å². The van der Waals surface area contributed by atoms with Crippen LogP contribution in [0.3, 0.4) is 0 Å². The first-order valence-corrected chi connectivity index (χ1v) is 12.9. The Kier molecular flexibility index (Phi) is 8.90. The lowest BCUT2D eigenvalue weighted by atomic mass is 9.80. The third-order valence-electron chi connectivity index (χ3n) is 6.13. The maximum absolute atomic E-state index is 12.8. The molecule has 8 heteroatoms. The van der Waals surface area contributed by atoms with Gasteiger partial charge in [0.2, 0.25) is 5.91 Å². The van der Waals surface area contributed by atoms with Gasteiger partial charge in [-0.25, -0.2) is 0 Å². The molecule has 0 aliphatic carbocycles. The van der Waals surface area contributed by atoms with E-state index in [1.165, 1.54) is 18.6 Å². The highest BCUT2D eigenvalue weighted by Crippen LogP contribution is 2.28. The minimum absolute atomic E-state index is 0.0255. The molecule has 1 aromatic carbocycles. The summed E-state index contributed by atoms with van der Waals surface area (Å²) >= 11 is 0. The Morgan fingerprint density at radius 2 is 1.66 bits per heavy atom. The minimum atomic E-state index is -3.88. The normalized spacial score (nSPS) is 20.8. The molecular formula is C24H41N3O4S. The number of carbonyl (C=O) groups excluding carboxylic acids is 1. The molecule has 0 aromatic heterocycles. The zero-order valence-corrected chi connectivity index (χ0v) is 21.5. The Labute approximate surface area is 194 Å². The molecular weight excluding hydrogens is 426 g/mol. The molecule has 2 rings (SSSR count). The third-order valence-corrected chi connectivity index (χ3v) is 7.32. The number of aryl methyl sites for hydroxylation is 1. The molecule has 32 heavy (non-hydrogen) atoms. The van der Waals surface area contributed by atoms with E-state index in [4.69, 9.17) is 4.28 Å². The molecule has 2 N–H and O–H groups in total. The van der Waals surface area contributed by atoms with Gasteiger partial charge in [0.1, 0.15) is 0 Å². The standard InChI is InChI=1S/C24H41N3O4S/c1-18-11-13-21(14-12-18)32(29,30)31-25-17-23(4,5)16-24(6,7)26-22(28)15-27-19(2)9-8-10-20(27)3/h11-14,19-20,25H,8-10,15-17H2,1-7H3,(H,26,28). The number of amides is 1. The summed E-state index contributed by atoms with van der Waals surface area (Å²) in [5.74, 6) is 0.0255. The fourth-order valence-corrected chi connectivity index (χ4v) is 5.51. The average molecular weight is 468 g/mol. The van der Waals surface area contributed by atoms with Crippen LogP contribution in [0.5, 0.6) is 0 Å². The van der Waals surface area contributed by atoms with Crippen LogP contribution in [-0.2, 0) is 19.2 Å². The molecule has 1 amide bonds. The molecule has 182 valence electrons. The van der Waals surface area contributed by atoms with Crippen LogP contribution in [0.15, 0.2) is 29.2 Å². The predicted molar refractivity (Wildman–Crippen MR) is 128 cm³/mol. The van der Waals surface area contributed by atoms with Gasteiger partial charge in [-0.1, -0.05) is 38.0 Å². The van der Waals surface area contributed by atoms with Gasteiger partial charge in [-0.05, 0) is 71.4 Å². The monoisotopic (exact) mass is 467 g/mol. The lowest BCUT2D eigenvalue weighted by Gasteiger charge is -2.40. The Balaban J connectivity index is 1.86. The maximum atomic E-state index is 12.8. The molecule has 0 spiro atoms. The van der Waals surface area contributed by atoms with Crippen molar-refractivity contribution in [2.45, 2.75) is 96.7 Å². The lowest BCUT2D eigenvalue weighted by molar-refractivity contribution is -0.125. The summed E-state index contributed by atoms with van der Waals surface area (Å²) in [6, 6.07) is 7.36. The molecule has 1 heterocycles. The van der Waals surface area contributed by atoms with E-state index in [1.807, 2.05) is 34.6 Å². The van der Waals surface area contributed by atoms with Crippen LogP contribution in [0.4, 0.5) is 0 Å². The van der Waals surface area contributed by atoms with Crippen molar-refractivity contribution in [2.24, 2.45) is 5.41 Å². The van der Waals surface area contributed by atoms with E-state index in [0.717, 1.165) is 18.4 Å². The first kappa shape index (κ1) is 26.8. The number of nitrogens with one attached hydrogen (secondary N) is 2. The molecule has 1 fully saturated rings. The second-order valence-corrected chi connectivity index (χ2v) is 12.3. The van der Waals surface area contributed by atoms with Crippen molar-refractivity contribution in [3.8, 4) is 0 Å². The van der Waals surface area contributed by atoms with E-state index in [1.54, 1.807) is 12.1 Å². The Bertz CT molecular complexity index is 856. The van der Waals surface area contributed by atoms with Crippen LogP contribution in [0, 0.1) is 12.3 Å². The number of benzene rings is 1. The van der Waals surface area contributed by atoms with Crippen molar-refractivity contribution >= 4 is 16.0 Å². The lowest BCUT2D eigenvalue weighted by Crippen LogP contribution is -2.54. The quantitative estimate of drug-likeness (QED) is 0.509. The summed E-state index contributed by atoms with van der Waals surface area (Å²) in [5.41, 5.74) is 2.84. The van der Waals surface area contributed by atoms with Gasteiger partial charge in [0.25, 0.3) is 0 Å². The highest BCUT2D eigenvalue weighted by Gasteiger charge is 2.32. The largest absolute Gasteiger partial charge is 0.350 e. The zero-order valence-electron chi connectivity index (χ0n) is 20.7. The molecule has 7 nitrogen and oxygen atoms in total. The molecule has 0 bridgehead atoms. The van der Waals surface area contributed by atoms with Crippen molar-refractivity contribution in [3.63, 3.8) is 0 Å². The number of likely N-dealkylation sites (tertiary alicyclic amines) is 1. The Morgan fingerprint density at radius 3 is 2.22 bits per heavy atom. The molecule has 2 atom stereocenters. The summed E-state index contributed by atoms with van der Waals surface area (Å²) in [5, 5.41) is 3.17. The molecule has 1 aromatic rings. The van der Waals surface area contributed by atoms with Gasteiger partial charge < -0.3 is 5.32 Å². The Morgan fingerprint density at radius 1 is 1.09 bits per heavy atom. The summed E-state index contributed by atoms with van der Waals surface area (Å²) in [4.78, 5) is 15.2. The number of rotatable bonds is 10. The summed E-state index contributed by atoms with van der Waals surface area (Å²) in [6.07, 6.45) is 4.13. The maximum Gasteiger partial charge on any atom is 0.312 e. The van der Waals surface area contributed by atoms with Crippen LogP contribution in [0.2, 0.25) is 0 Å². The van der Waals surface area contributed by atoms with Crippen molar-refractivity contribution in [1.29, 1.82) is 0 Å². The van der Waals surface area contributed by atoms with Crippen LogP contribution >= 0.6 is 0 Å².